The van der Waals surface area contributed by atoms with Crippen LogP contribution in [0.2, 0.25) is 0 Å². The Bertz CT molecular complexity index is 379. The van der Waals surface area contributed by atoms with Crippen LogP contribution < -0.4 is 5.73 Å². The highest BCUT2D eigenvalue weighted by atomic mass is 19.3. The Balaban J connectivity index is 3.45. The molecule has 0 aromatic carbocycles. The molecule has 0 atom stereocenters. The second kappa shape index (κ2) is 3.65. The standard InChI is InChI=1S/C8H7F3N2O/c1-3-5(8(12)14)4(6(9)10)2-13-7(3)11/h2,6H,1H3,(H2,12,14). The van der Waals surface area contributed by atoms with Gasteiger partial charge >= 0.3 is 0 Å². The number of hydrogen-bond donors (Lipinski definition) is 1. The van der Waals surface area contributed by atoms with Crippen LogP contribution in [0.25, 0.3) is 0 Å². The van der Waals surface area contributed by atoms with Crippen LogP contribution in [0.3, 0.4) is 0 Å². The molecule has 0 spiro atoms. The SMILES string of the molecule is Cc1c(F)ncc(C(F)F)c1C(N)=O. The van der Waals surface area contributed by atoms with E-state index in [1.54, 1.807) is 0 Å². The first kappa shape index (κ1) is 10.5. The highest BCUT2D eigenvalue weighted by Gasteiger charge is 2.21. The summed E-state index contributed by atoms with van der Waals surface area (Å²) in [6.07, 6.45) is -2.28. The Morgan fingerprint density at radius 1 is 1.57 bits per heavy atom. The highest BCUT2D eigenvalue weighted by molar-refractivity contribution is 5.95. The molecular formula is C8H7F3N2O. The summed E-state index contributed by atoms with van der Waals surface area (Å²) in [6.45, 7) is 1.17. The minimum Gasteiger partial charge on any atom is -0.366 e. The molecule has 0 bridgehead atoms. The third kappa shape index (κ3) is 1.68. The molecule has 0 fully saturated rings. The van der Waals surface area contributed by atoms with Crippen LogP contribution in [0.5, 0.6) is 0 Å². The van der Waals surface area contributed by atoms with E-state index in [0.29, 0.717) is 6.20 Å². The number of halogens is 3. The lowest BCUT2D eigenvalue weighted by atomic mass is 10.1. The number of aromatic nitrogens is 1. The first-order valence-corrected chi connectivity index (χ1v) is 3.68. The molecule has 1 heterocycles. The maximum atomic E-state index is 12.8. The van der Waals surface area contributed by atoms with E-state index in [1.807, 2.05) is 0 Å². The zero-order valence-corrected chi connectivity index (χ0v) is 7.22. The smallest absolute Gasteiger partial charge is 0.266 e. The topological polar surface area (TPSA) is 56.0 Å². The molecule has 1 aromatic rings. The van der Waals surface area contributed by atoms with E-state index in [1.165, 1.54) is 6.92 Å². The molecule has 0 saturated heterocycles. The van der Waals surface area contributed by atoms with E-state index in [0.717, 1.165) is 0 Å². The number of amides is 1. The van der Waals surface area contributed by atoms with E-state index >= 15 is 0 Å². The average molecular weight is 204 g/mol. The number of primary amides is 1. The first-order chi connectivity index (χ1) is 6.45. The molecule has 3 nitrogen and oxygen atoms in total. The normalized spacial score (nSPS) is 10.6. The molecule has 0 aliphatic heterocycles. The molecule has 1 amide bonds. The van der Waals surface area contributed by atoms with Crippen molar-refractivity contribution in [1.29, 1.82) is 0 Å². The summed E-state index contributed by atoms with van der Waals surface area (Å²) in [7, 11) is 0. The van der Waals surface area contributed by atoms with Gasteiger partial charge in [-0.2, -0.15) is 4.39 Å². The summed E-state index contributed by atoms with van der Waals surface area (Å²) < 4.78 is 37.5. The summed E-state index contributed by atoms with van der Waals surface area (Å²) >= 11 is 0. The zero-order chi connectivity index (χ0) is 10.9. The van der Waals surface area contributed by atoms with Crippen LogP contribution in [0.15, 0.2) is 6.20 Å². The molecule has 0 radical (unpaired) electrons. The molecule has 1 aromatic heterocycles. The summed E-state index contributed by atoms with van der Waals surface area (Å²) in [5.74, 6) is -2.05. The number of carbonyl (C=O) groups is 1. The van der Waals surface area contributed by atoms with Crippen molar-refractivity contribution in [2.45, 2.75) is 13.3 Å². The van der Waals surface area contributed by atoms with Crippen molar-refractivity contribution in [1.82, 2.24) is 4.98 Å². The van der Waals surface area contributed by atoms with Gasteiger partial charge in [-0.05, 0) is 6.92 Å². The minimum atomic E-state index is -2.90. The fraction of sp³-hybridized carbons (Fsp3) is 0.250. The highest BCUT2D eigenvalue weighted by Crippen LogP contribution is 2.24. The van der Waals surface area contributed by atoms with Gasteiger partial charge in [0.1, 0.15) is 0 Å². The molecule has 1 rings (SSSR count). The van der Waals surface area contributed by atoms with E-state index < -0.39 is 29.4 Å². The lowest BCUT2D eigenvalue weighted by Crippen LogP contribution is -2.17. The monoisotopic (exact) mass is 204 g/mol. The Morgan fingerprint density at radius 2 is 2.14 bits per heavy atom. The number of rotatable bonds is 2. The summed E-state index contributed by atoms with van der Waals surface area (Å²) in [5.41, 5.74) is 3.47. The van der Waals surface area contributed by atoms with Crippen LogP contribution in [-0.4, -0.2) is 10.9 Å². The Labute approximate surface area is 77.7 Å². The number of carbonyl (C=O) groups excluding carboxylic acids is 1. The van der Waals surface area contributed by atoms with E-state index in [2.05, 4.69) is 4.98 Å². The van der Waals surface area contributed by atoms with Gasteiger partial charge in [-0.15, -0.1) is 0 Å². The molecular weight excluding hydrogens is 197 g/mol. The number of nitrogens with two attached hydrogens (primary N) is 1. The quantitative estimate of drug-likeness (QED) is 0.743. The number of hydrogen-bond acceptors (Lipinski definition) is 2. The van der Waals surface area contributed by atoms with Crippen LogP contribution in [0.4, 0.5) is 13.2 Å². The van der Waals surface area contributed by atoms with Gasteiger partial charge in [0.25, 0.3) is 6.43 Å². The molecule has 0 aliphatic rings. The van der Waals surface area contributed by atoms with Crippen molar-refractivity contribution in [3.8, 4) is 0 Å². The van der Waals surface area contributed by atoms with Gasteiger partial charge in [-0.3, -0.25) is 4.79 Å². The average Bonchev–Trinajstić information content (AvgIpc) is 2.08. The molecule has 14 heavy (non-hydrogen) atoms. The minimum absolute atomic E-state index is 0.254. The molecule has 0 saturated carbocycles. The van der Waals surface area contributed by atoms with Crippen molar-refractivity contribution < 1.29 is 18.0 Å². The lowest BCUT2D eigenvalue weighted by Gasteiger charge is -2.08. The van der Waals surface area contributed by atoms with Gasteiger partial charge in [-0.25, -0.2) is 13.8 Å². The van der Waals surface area contributed by atoms with Gasteiger partial charge < -0.3 is 5.73 Å². The Hall–Kier alpha value is -1.59. The lowest BCUT2D eigenvalue weighted by molar-refractivity contribution is 0.0984. The van der Waals surface area contributed by atoms with Crippen LogP contribution >= 0.6 is 0 Å². The molecule has 2 N–H and O–H groups in total. The molecule has 76 valence electrons. The predicted octanol–water partition coefficient (Wildman–Crippen LogP) is 1.57. The van der Waals surface area contributed by atoms with Crippen molar-refractivity contribution in [2.24, 2.45) is 5.73 Å². The van der Waals surface area contributed by atoms with E-state index in [-0.39, 0.29) is 5.56 Å². The van der Waals surface area contributed by atoms with Crippen LogP contribution in [-0.2, 0) is 0 Å². The van der Waals surface area contributed by atoms with Crippen LogP contribution in [0, 0.1) is 12.9 Å². The van der Waals surface area contributed by atoms with Gasteiger partial charge in [0, 0.05) is 17.3 Å². The first-order valence-electron chi connectivity index (χ1n) is 3.68. The maximum absolute atomic E-state index is 12.8. The predicted molar refractivity (Wildman–Crippen MR) is 42.4 cm³/mol. The third-order valence-corrected chi connectivity index (χ3v) is 1.77. The summed E-state index contributed by atoms with van der Waals surface area (Å²) in [4.78, 5) is 13.9. The summed E-state index contributed by atoms with van der Waals surface area (Å²) in [5, 5.41) is 0. The van der Waals surface area contributed by atoms with Gasteiger partial charge in [-0.1, -0.05) is 0 Å². The third-order valence-electron chi connectivity index (χ3n) is 1.77. The zero-order valence-electron chi connectivity index (χ0n) is 7.22. The second-order valence-corrected chi connectivity index (χ2v) is 2.67. The second-order valence-electron chi connectivity index (χ2n) is 2.67. The van der Waals surface area contributed by atoms with Gasteiger partial charge in [0.05, 0.1) is 5.56 Å². The maximum Gasteiger partial charge on any atom is 0.266 e. The molecule has 0 aliphatic carbocycles. The number of alkyl halides is 2. The number of nitrogens with zero attached hydrogens (tertiary/aromatic N) is 1. The fourth-order valence-electron chi connectivity index (χ4n) is 1.10. The largest absolute Gasteiger partial charge is 0.366 e. The Morgan fingerprint density at radius 3 is 2.57 bits per heavy atom. The molecule has 6 heteroatoms. The van der Waals surface area contributed by atoms with Crippen LogP contribution in [0.1, 0.15) is 27.9 Å². The number of pyridine rings is 1. The van der Waals surface area contributed by atoms with Crippen molar-refractivity contribution >= 4 is 5.91 Å². The summed E-state index contributed by atoms with van der Waals surface area (Å²) in [6, 6.07) is 0. The molecule has 0 unspecified atom stereocenters. The van der Waals surface area contributed by atoms with Crippen molar-refractivity contribution in [3.63, 3.8) is 0 Å². The van der Waals surface area contributed by atoms with Crippen molar-refractivity contribution in [2.75, 3.05) is 0 Å². The Kier molecular flexibility index (Phi) is 2.73. The van der Waals surface area contributed by atoms with Crippen molar-refractivity contribution in [3.05, 3.63) is 28.8 Å². The van der Waals surface area contributed by atoms with Gasteiger partial charge in [0.15, 0.2) is 0 Å². The van der Waals surface area contributed by atoms with E-state index in [4.69, 9.17) is 5.73 Å². The van der Waals surface area contributed by atoms with E-state index in [9.17, 15) is 18.0 Å². The van der Waals surface area contributed by atoms with Gasteiger partial charge in [0.2, 0.25) is 11.9 Å². The fourth-order valence-corrected chi connectivity index (χ4v) is 1.10.